The molecular weight excluding hydrogens is 212 g/mol. The van der Waals surface area contributed by atoms with E-state index in [1.54, 1.807) is 6.20 Å². The molecule has 3 rings (SSSR count). The van der Waals surface area contributed by atoms with Crippen LogP contribution in [0.1, 0.15) is 12.8 Å². The molecule has 4 heteroatoms. The van der Waals surface area contributed by atoms with Crippen molar-refractivity contribution in [1.29, 1.82) is 0 Å². The van der Waals surface area contributed by atoms with Crippen LogP contribution in [0.2, 0.25) is 5.02 Å². The number of hydrogen-bond donors (Lipinski definition) is 1. The normalized spacial score (nSPS) is 33.3. The summed E-state index contributed by atoms with van der Waals surface area (Å²) in [5.41, 5.74) is 0. The van der Waals surface area contributed by atoms with Crippen LogP contribution in [0, 0.1) is 5.92 Å². The van der Waals surface area contributed by atoms with Gasteiger partial charge in [-0.05, 0) is 31.4 Å². The van der Waals surface area contributed by atoms with Crippen molar-refractivity contribution < 1.29 is 4.74 Å². The van der Waals surface area contributed by atoms with Gasteiger partial charge in [-0.3, -0.25) is 0 Å². The molecule has 2 fully saturated rings. The molecule has 1 aliphatic heterocycles. The van der Waals surface area contributed by atoms with Crippen molar-refractivity contribution in [2.24, 2.45) is 5.92 Å². The van der Waals surface area contributed by atoms with E-state index in [0.717, 1.165) is 18.9 Å². The Balaban J connectivity index is 1.68. The van der Waals surface area contributed by atoms with Gasteiger partial charge >= 0.3 is 0 Å². The molecule has 0 unspecified atom stereocenters. The monoisotopic (exact) mass is 224 g/mol. The fourth-order valence-corrected chi connectivity index (χ4v) is 2.63. The molecule has 1 aliphatic carbocycles. The summed E-state index contributed by atoms with van der Waals surface area (Å²) in [5, 5.41) is 4.11. The molecule has 1 aromatic heterocycles. The van der Waals surface area contributed by atoms with E-state index in [0.29, 0.717) is 16.9 Å². The summed E-state index contributed by atoms with van der Waals surface area (Å²) >= 11 is 5.76. The summed E-state index contributed by atoms with van der Waals surface area (Å²) in [6.45, 7) is 1.15. The van der Waals surface area contributed by atoms with E-state index in [9.17, 15) is 0 Å². The van der Waals surface area contributed by atoms with E-state index in [1.807, 2.05) is 12.1 Å². The van der Waals surface area contributed by atoms with Gasteiger partial charge in [0.2, 0.25) is 5.88 Å². The molecule has 3 nitrogen and oxygen atoms in total. The van der Waals surface area contributed by atoms with Crippen molar-refractivity contribution in [3.05, 3.63) is 23.4 Å². The summed E-state index contributed by atoms with van der Waals surface area (Å²) in [6, 6.07) is 4.16. The van der Waals surface area contributed by atoms with E-state index in [1.165, 1.54) is 6.42 Å². The second kappa shape index (κ2) is 3.65. The molecule has 0 spiro atoms. The van der Waals surface area contributed by atoms with Crippen LogP contribution in [0.15, 0.2) is 18.3 Å². The number of ether oxygens (including phenoxy) is 1. The minimum absolute atomic E-state index is 0.289. The summed E-state index contributed by atoms with van der Waals surface area (Å²) in [7, 11) is 0. The van der Waals surface area contributed by atoms with Gasteiger partial charge in [-0.25, -0.2) is 4.98 Å². The molecule has 80 valence electrons. The van der Waals surface area contributed by atoms with Gasteiger partial charge in [0.25, 0.3) is 0 Å². The Morgan fingerprint density at radius 3 is 2.93 bits per heavy atom. The van der Waals surface area contributed by atoms with Crippen LogP contribution in [-0.2, 0) is 0 Å². The SMILES string of the molecule is Clc1ccc(O[C@@H]2C[C@@H]3CN[C@H]2C3)nc1. The Morgan fingerprint density at radius 2 is 2.33 bits per heavy atom. The maximum atomic E-state index is 5.83. The van der Waals surface area contributed by atoms with Gasteiger partial charge in [-0.15, -0.1) is 0 Å². The average molecular weight is 225 g/mol. The van der Waals surface area contributed by atoms with Gasteiger partial charge in [-0.2, -0.15) is 0 Å². The highest BCUT2D eigenvalue weighted by Gasteiger charge is 2.40. The highest BCUT2D eigenvalue weighted by Crippen LogP contribution is 2.33. The Labute approximate surface area is 93.8 Å². The first-order valence-corrected chi connectivity index (χ1v) is 5.70. The Morgan fingerprint density at radius 1 is 1.40 bits per heavy atom. The largest absolute Gasteiger partial charge is 0.473 e. The van der Waals surface area contributed by atoms with Crippen LogP contribution in [0.25, 0.3) is 0 Å². The van der Waals surface area contributed by atoms with Crippen LogP contribution in [0.4, 0.5) is 0 Å². The third-order valence-corrected chi connectivity index (χ3v) is 3.47. The van der Waals surface area contributed by atoms with Crippen molar-refractivity contribution in [2.45, 2.75) is 25.0 Å². The topological polar surface area (TPSA) is 34.1 Å². The van der Waals surface area contributed by atoms with Crippen molar-refractivity contribution in [2.75, 3.05) is 6.54 Å². The maximum Gasteiger partial charge on any atom is 0.213 e. The summed E-state index contributed by atoms with van der Waals surface area (Å²) in [6.07, 6.45) is 4.31. The molecule has 15 heavy (non-hydrogen) atoms. The zero-order valence-corrected chi connectivity index (χ0v) is 9.07. The first-order chi connectivity index (χ1) is 7.31. The molecule has 1 N–H and O–H groups in total. The van der Waals surface area contributed by atoms with Crippen molar-refractivity contribution >= 4 is 11.6 Å². The van der Waals surface area contributed by atoms with Gasteiger partial charge in [-0.1, -0.05) is 11.6 Å². The van der Waals surface area contributed by atoms with Crippen molar-refractivity contribution in [3.8, 4) is 5.88 Å². The van der Waals surface area contributed by atoms with Crippen molar-refractivity contribution in [1.82, 2.24) is 10.3 Å². The average Bonchev–Trinajstić information content (AvgIpc) is 2.83. The number of rotatable bonds is 2. The third-order valence-electron chi connectivity index (χ3n) is 3.24. The molecule has 1 saturated carbocycles. The molecule has 1 saturated heterocycles. The second-order valence-corrected chi connectivity index (χ2v) is 4.76. The lowest BCUT2D eigenvalue weighted by Gasteiger charge is -2.23. The van der Waals surface area contributed by atoms with Gasteiger partial charge in [0.05, 0.1) is 5.02 Å². The van der Waals surface area contributed by atoms with Crippen molar-refractivity contribution in [3.63, 3.8) is 0 Å². The van der Waals surface area contributed by atoms with E-state index in [-0.39, 0.29) is 6.10 Å². The number of halogens is 1. The van der Waals surface area contributed by atoms with Crippen LogP contribution >= 0.6 is 11.6 Å². The number of aromatic nitrogens is 1. The minimum atomic E-state index is 0.289. The smallest absolute Gasteiger partial charge is 0.213 e. The van der Waals surface area contributed by atoms with Crippen LogP contribution in [0.3, 0.4) is 0 Å². The maximum absolute atomic E-state index is 5.83. The summed E-state index contributed by atoms with van der Waals surface area (Å²) in [4.78, 5) is 4.14. The highest BCUT2D eigenvalue weighted by atomic mass is 35.5. The third kappa shape index (κ3) is 1.82. The number of hydrogen-bond acceptors (Lipinski definition) is 3. The number of nitrogens with zero attached hydrogens (tertiary/aromatic N) is 1. The molecule has 3 atom stereocenters. The Kier molecular flexibility index (Phi) is 2.29. The standard InChI is InChI=1S/C11H13ClN2O/c12-8-1-2-11(14-6-8)15-10-4-7-3-9(10)13-5-7/h1-2,6-7,9-10,13H,3-5H2/t7-,9+,10-/m1/s1. The number of pyridine rings is 1. The lowest BCUT2D eigenvalue weighted by atomic mass is 10.1. The summed E-state index contributed by atoms with van der Waals surface area (Å²) in [5.74, 6) is 1.48. The molecule has 1 aromatic rings. The van der Waals surface area contributed by atoms with Crippen LogP contribution in [-0.4, -0.2) is 23.7 Å². The zero-order valence-electron chi connectivity index (χ0n) is 8.32. The lowest BCUT2D eigenvalue weighted by molar-refractivity contribution is 0.152. The number of piperidine rings is 1. The molecule has 2 heterocycles. The molecule has 2 aliphatic rings. The highest BCUT2D eigenvalue weighted by molar-refractivity contribution is 6.30. The number of nitrogens with one attached hydrogen (secondary N) is 1. The zero-order chi connectivity index (χ0) is 10.3. The molecular formula is C11H13ClN2O. The Bertz CT molecular complexity index is 354. The quantitative estimate of drug-likeness (QED) is 0.833. The lowest BCUT2D eigenvalue weighted by Crippen LogP contribution is -2.40. The predicted octanol–water partition coefficient (Wildman–Crippen LogP) is 1.86. The first-order valence-electron chi connectivity index (χ1n) is 5.33. The van der Waals surface area contributed by atoms with E-state index >= 15 is 0 Å². The summed E-state index contributed by atoms with van der Waals surface area (Å²) < 4.78 is 5.83. The Hall–Kier alpha value is -0.800. The minimum Gasteiger partial charge on any atom is -0.473 e. The van der Waals surface area contributed by atoms with Gasteiger partial charge in [0.15, 0.2) is 0 Å². The van der Waals surface area contributed by atoms with E-state index < -0.39 is 0 Å². The molecule has 0 aromatic carbocycles. The molecule has 2 bridgehead atoms. The van der Waals surface area contributed by atoms with E-state index in [4.69, 9.17) is 16.3 Å². The molecule has 0 amide bonds. The van der Waals surface area contributed by atoms with Crippen LogP contribution < -0.4 is 10.1 Å². The van der Waals surface area contributed by atoms with Gasteiger partial charge < -0.3 is 10.1 Å². The fourth-order valence-electron chi connectivity index (χ4n) is 2.52. The van der Waals surface area contributed by atoms with E-state index in [2.05, 4.69) is 10.3 Å². The predicted molar refractivity (Wildman–Crippen MR) is 58.2 cm³/mol. The second-order valence-electron chi connectivity index (χ2n) is 4.32. The van der Waals surface area contributed by atoms with Gasteiger partial charge in [0, 0.05) is 18.3 Å². The first kappa shape index (κ1) is 9.43. The number of fused-ring (bicyclic) bond motifs is 2. The van der Waals surface area contributed by atoms with Crippen LogP contribution in [0.5, 0.6) is 5.88 Å². The van der Waals surface area contributed by atoms with Gasteiger partial charge in [0.1, 0.15) is 6.10 Å². The molecule has 0 radical (unpaired) electrons. The fraction of sp³-hybridized carbons (Fsp3) is 0.545.